The molecule has 1 aromatic carbocycles. The summed E-state index contributed by atoms with van der Waals surface area (Å²) in [5.74, 6) is 0.587. The van der Waals surface area contributed by atoms with Crippen molar-refractivity contribution in [1.29, 1.82) is 0 Å². The highest BCUT2D eigenvalue weighted by Crippen LogP contribution is 2.28. The Bertz CT molecular complexity index is 560. The van der Waals surface area contributed by atoms with Crippen molar-refractivity contribution in [3.05, 3.63) is 35.9 Å². The molecule has 5 heteroatoms. The number of nitrogens with zero attached hydrogens (tertiary/aromatic N) is 3. The Morgan fingerprint density at radius 1 is 1.30 bits per heavy atom. The third-order valence-electron chi connectivity index (χ3n) is 3.74. The van der Waals surface area contributed by atoms with E-state index < -0.39 is 0 Å². The minimum atomic E-state index is -0.165. The largest absolute Gasteiger partial charge is 0.379 e. The standard InChI is InChI=1S/C15H18N4O/c16-14(15(20)19-9-4-10-19)18-13-8-7-12(17-13)11-5-2-1-3-6-11/h1-3,5-6,12H,4,7-10H2,(H2,16,17,18). The number of carbonyl (C=O) groups excluding carboxylic acids is 1. The lowest BCUT2D eigenvalue weighted by Crippen LogP contribution is -2.48. The second-order valence-corrected chi connectivity index (χ2v) is 5.15. The van der Waals surface area contributed by atoms with E-state index in [2.05, 4.69) is 22.1 Å². The maximum atomic E-state index is 11.9. The van der Waals surface area contributed by atoms with Crippen molar-refractivity contribution < 1.29 is 4.79 Å². The summed E-state index contributed by atoms with van der Waals surface area (Å²) < 4.78 is 0. The number of benzene rings is 1. The lowest BCUT2D eigenvalue weighted by molar-refractivity contribution is -0.127. The highest BCUT2D eigenvalue weighted by atomic mass is 16.2. The second kappa shape index (κ2) is 5.45. The van der Waals surface area contributed by atoms with Crippen LogP contribution in [-0.4, -0.2) is 35.6 Å². The minimum Gasteiger partial charge on any atom is -0.379 e. The summed E-state index contributed by atoms with van der Waals surface area (Å²) in [5.41, 5.74) is 6.96. The van der Waals surface area contributed by atoms with Crippen molar-refractivity contribution in [2.24, 2.45) is 15.7 Å². The maximum Gasteiger partial charge on any atom is 0.289 e. The van der Waals surface area contributed by atoms with Gasteiger partial charge in [0.2, 0.25) is 0 Å². The molecule has 0 aliphatic carbocycles. The lowest BCUT2D eigenvalue weighted by atomic mass is 10.1. The fraction of sp³-hybridized carbons (Fsp3) is 0.400. The predicted molar refractivity (Wildman–Crippen MR) is 78.7 cm³/mol. The van der Waals surface area contributed by atoms with Crippen molar-refractivity contribution >= 4 is 17.6 Å². The maximum absolute atomic E-state index is 11.9. The smallest absolute Gasteiger partial charge is 0.289 e. The highest BCUT2D eigenvalue weighted by molar-refractivity contribution is 6.39. The molecule has 2 heterocycles. The van der Waals surface area contributed by atoms with Crippen LogP contribution in [0.3, 0.4) is 0 Å². The minimum absolute atomic E-state index is 0.0668. The molecule has 20 heavy (non-hydrogen) atoms. The molecule has 2 N–H and O–H groups in total. The van der Waals surface area contributed by atoms with Gasteiger partial charge < -0.3 is 10.6 Å². The molecule has 0 saturated carbocycles. The Morgan fingerprint density at radius 3 is 2.70 bits per heavy atom. The summed E-state index contributed by atoms with van der Waals surface area (Å²) in [6.45, 7) is 1.57. The fourth-order valence-electron chi connectivity index (χ4n) is 2.44. The van der Waals surface area contributed by atoms with E-state index in [0.717, 1.165) is 32.4 Å². The first-order valence-electron chi connectivity index (χ1n) is 6.99. The van der Waals surface area contributed by atoms with E-state index in [1.807, 2.05) is 18.2 Å². The van der Waals surface area contributed by atoms with E-state index in [1.54, 1.807) is 4.90 Å². The third-order valence-corrected chi connectivity index (χ3v) is 3.74. The number of carbonyl (C=O) groups is 1. The summed E-state index contributed by atoms with van der Waals surface area (Å²) >= 11 is 0. The van der Waals surface area contributed by atoms with Gasteiger partial charge in [-0.15, -0.1) is 0 Å². The van der Waals surface area contributed by atoms with E-state index in [1.165, 1.54) is 5.56 Å². The van der Waals surface area contributed by atoms with Gasteiger partial charge in [0.25, 0.3) is 5.91 Å². The van der Waals surface area contributed by atoms with Gasteiger partial charge in [0.05, 0.1) is 6.04 Å². The quantitative estimate of drug-likeness (QED) is 0.620. The zero-order chi connectivity index (χ0) is 13.9. The van der Waals surface area contributed by atoms with Crippen LogP contribution in [0.4, 0.5) is 0 Å². The molecule has 1 unspecified atom stereocenters. The highest BCUT2D eigenvalue weighted by Gasteiger charge is 2.24. The van der Waals surface area contributed by atoms with Crippen molar-refractivity contribution in [1.82, 2.24) is 4.90 Å². The van der Waals surface area contributed by atoms with Crippen LogP contribution >= 0.6 is 0 Å². The monoisotopic (exact) mass is 270 g/mol. The molecule has 5 nitrogen and oxygen atoms in total. The fourth-order valence-corrected chi connectivity index (χ4v) is 2.44. The molecule has 2 aliphatic heterocycles. The average molecular weight is 270 g/mol. The van der Waals surface area contributed by atoms with Gasteiger partial charge in [-0.3, -0.25) is 9.79 Å². The van der Waals surface area contributed by atoms with Gasteiger partial charge in [0.15, 0.2) is 5.84 Å². The molecule has 0 spiro atoms. The number of amidine groups is 2. The summed E-state index contributed by atoms with van der Waals surface area (Å²) in [4.78, 5) is 22.4. The first-order chi connectivity index (χ1) is 9.74. The van der Waals surface area contributed by atoms with Gasteiger partial charge in [-0.2, -0.15) is 0 Å². The number of nitrogens with two attached hydrogens (primary N) is 1. The van der Waals surface area contributed by atoms with Gasteiger partial charge in [0.1, 0.15) is 5.84 Å². The molecule has 0 aromatic heterocycles. The lowest BCUT2D eigenvalue weighted by Gasteiger charge is -2.30. The zero-order valence-corrected chi connectivity index (χ0v) is 11.3. The molecule has 1 atom stereocenters. The topological polar surface area (TPSA) is 71.0 Å². The summed E-state index contributed by atoms with van der Waals surface area (Å²) in [5, 5.41) is 0. The summed E-state index contributed by atoms with van der Waals surface area (Å²) in [6, 6.07) is 10.3. The zero-order valence-electron chi connectivity index (χ0n) is 11.3. The van der Waals surface area contributed by atoms with E-state index in [9.17, 15) is 4.79 Å². The van der Waals surface area contributed by atoms with Crippen molar-refractivity contribution in [3.8, 4) is 0 Å². The number of rotatable bonds is 1. The number of likely N-dealkylation sites (tertiary alicyclic amines) is 1. The SMILES string of the molecule is NC(=NC1=NC(c2ccccc2)CC1)C(=O)N1CCC1. The Balaban J connectivity index is 1.70. The van der Waals surface area contributed by atoms with E-state index in [0.29, 0.717) is 5.84 Å². The Kier molecular flexibility index (Phi) is 3.50. The number of hydrogen-bond acceptors (Lipinski definition) is 3. The normalized spacial score (nSPS) is 22.4. The molecule has 0 bridgehead atoms. The van der Waals surface area contributed by atoms with Crippen LogP contribution in [0.1, 0.15) is 30.9 Å². The van der Waals surface area contributed by atoms with E-state index in [-0.39, 0.29) is 17.8 Å². The van der Waals surface area contributed by atoms with Gasteiger partial charge in [0, 0.05) is 19.5 Å². The Labute approximate surface area is 118 Å². The third kappa shape index (κ3) is 2.57. The van der Waals surface area contributed by atoms with Crippen molar-refractivity contribution in [3.63, 3.8) is 0 Å². The predicted octanol–water partition coefficient (Wildman–Crippen LogP) is 1.51. The molecule has 2 aliphatic rings. The number of amides is 1. The summed E-state index contributed by atoms with van der Waals surface area (Å²) in [6.07, 6.45) is 2.75. The van der Waals surface area contributed by atoms with Crippen LogP contribution in [0.25, 0.3) is 0 Å². The van der Waals surface area contributed by atoms with E-state index in [4.69, 9.17) is 5.73 Å². The second-order valence-electron chi connectivity index (χ2n) is 5.15. The van der Waals surface area contributed by atoms with Crippen molar-refractivity contribution in [2.75, 3.05) is 13.1 Å². The molecule has 1 saturated heterocycles. The van der Waals surface area contributed by atoms with Crippen LogP contribution in [0.15, 0.2) is 40.3 Å². The van der Waals surface area contributed by atoms with Crippen molar-refractivity contribution in [2.45, 2.75) is 25.3 Å². The van der Waals surface area contributed by atoms with Gasteiger partial charge >= 0.3 is 0 Å². The molecule has 104 valence electrons. The van der Waals surface area contributed by atoms with Gasteiger partial charge in [-0.1, -0.05) is 30.3 Å². The van der Waals surface area contributed by atoms with Crippen LogP contribution in [-0.2, 0) is 4.79 Å². The first-order valence-corrected chi connectivity index (χ1v) is 6.99. The molecule has 0 radical (unpaired) electrons. The average Bonchev–Trinajstić information content (AvgIpc) is 2.86. The van der Waals surface area contributed by atoms with Gasteiger partial charge in [-0.05, 0) is 18.4 Å². The van der Waals surface area contributed by atoms with E-state index >= 15 is 0 Å². The van der Waals surface area contributed by atoms with Crippen LogP contribution in [0.2, 0.25) is 0 Å². The Hall–Kier alpha value is -2.17. The molecule has 1 fully saturated rings. The molecule has 3 rings (SSSR count). The molecule has 1 aromatic rings. The van der Waals surface area contributed by atoms with Crippen LogP contribution < -0.4 is 5.73 Å². The first kappa shape index (κ1) is 12.8. The van der Waals surface area contributed by atoms with Crippen LogP contribution in [0.5, 0.6) is 0 Å². The molecular weight excluding hydrogens is 252 g/mol. The molecular formula is C15H18N4O. The number of hydrogen-bond donors (Lipinski definition) is 1. The van der Waals surface area contributed by atoms with Gasteiger partial charge in [-0.25, -0.2) is 4.99 Å². The van der Waals surface area contributed by atoms with Crippen LogP contribution in [0, 0.1) is 0 Å². The molecule has 1 amide bonds. The Morgan fingerprint density at radius 2 is 2.05 bits per heavy atom. The number of aliphatic imine (C=N–C) groups is 2. The summed E-state index contributed by atoms with van der Waals surface area (Å²) in [7, 11) is 0.